The van der Waals surface area contributed by atoms with Gasteiger partial charge in [-0.15, -0.1) is 15.3 Å². The highest BCUT2D eigenvalue weighted by atomic mass is 16.6. The monoisotopic (exact) mass is 318 g/mol. The van der Waals surface area contributed by atoms with Crippen LogP contribution in [-0.4, -0.2) is 64.4 Å². The van der Waals surface area contributed by atoms with E-state index in [1.165, 1.54) is 0 Å². The highest BCUT2D eigenvalue weighted by Crippen LogP contribution is 2.18. The van der Waals surface area contributed by atoms with Crippen molar-refractivity contribution in [2.75, 3.05) is 31.2 Å². The molecule has 0 bridgehead atoms. The quantitative estimate of drug-likeness (QED) is 0.865. The summed E-state index contributed by atoms with van der Waals surface area (Å²) in [5.74, 6) is 0.846. The third-order valence-electron chi connectivity index (χ3n) is 4.14. The molecule has 1 amide bonds. The Morgan fingerprint density at radius 2 is 2.35 bits per heavy atom. The van der Waals surface area contributed by atoms with Crippen LogP contribution < -0.4 is 10.2 Å². The number of rotatable bonds is 3. The topological polar surface area (TPSA) is 93.9 Å². The predicted molar refractivity (Wildman–Crippen MR) is 80.2 cm³/mol. The van der Waals surface area contributed by atoms with Gasteiger partial charge in [0.25, 0.3) is 0 Å². The molecule has 0 aliphatic carbocycles. The number of hydrogen-bond acceptors (Lipinski definition) is 7. The van der Waals surface area contributed by atoms with E-state index in [0.717, 1.165) is 25.2 Å². The molecule has 1 N–H and O–H groups in total. The molecule has 2 aliphatic heterocycles. The van der Waals surface area contributed by atoms with E-state index in [2.05, 4.69) is 25.5 Å². The van der Waals surface area contributed by atoms with E-state index in [1.54, 1.807) is 10.8 Å². The second-order valence-electron chi connectivity index (χ2n) is 5.79. The molecule has 0 aromatic carbocycles. The molecule has 23 heavy (non-hydrogen) atoms. The van der Waals surface area contributed by atoms with E-state index < -0.39 is 0 Å². The lowest BCUT2D eigenvalue weighted by atomic mass is 10.3. The maximum absolute atomic E-state index is 11.9. The smallest absolute Gasteiger partial charge is 0.407 e. The van der Waals surface area contributed by atoms with Gasteiger partial charge in [-0.1, -0.05) is 0 Å². The lowest BCUT2D eigenvalue weighted by Crippen LogP contribution is -2.39. The Hall–Kier alpha value is -2.42. The van der Waals surface area contributed by atoms with Gasteiger partial charge in [0.1, 0.15) is 18.2 Å². The van der Waals surface area contributed by atoms with Crippen LogP contribution in [0.4, 0.5) is 10.6 Å². The molecule has 122 valence electrons. The average Bonchev–Trinajstić information content (AvgIpc) is 3.27. The zero-order chi connectivity index (χ0) is 15.6. The molecule has 2 aromatic rings. The second kappa shape index (κ2) is 5.99. The summed E-state index contributed by atoms with van der Waals surface area (Å²) in [6.45, 7) is 2.69. The number of carbonyl (C=O) groups excluding carboxylic acids is 1. The largest absolute Gasteiger partial charge is 0.444 e. The molecule has 2 fully saturated rings. The standard InChI is InChI=1S/C14H18N6O3/c21-14(23-11-4-6-22-8-11)16-10-3-5-19(7-10)13-2-1-12-17-15-9-20(12)18-13/h1-2,9-11H,3-8H2,(H,16,21). The van der Waals surface area contributed by atoms with E-state index >= 15 is 0 Å². The normalized spacial score (nSPS) is 24.3. The SMILES string of the molecule is O=C(NC1CCN(c2ccc3nncn3n2)C1)OC1CCOC1. The van der Waals surface area contributed by atoms with Crippen molar-refractivity contribution >= 4 is 17.6 Å². The third kappa shape index (κ3) is 3.04. The lowest BCUT2D eigenvalue weighted by Gasteiger charge is -2.18. The number of aromatic nitrogens is 4. The minimum absolute atomic E-state index is 0.0585. The Morgan fingerprint density at radius 1 is 1.39 bits per heavy atom. The second-order valence-corrected chi connectivity index (χ2v) is 5.79. The highest BCUT2D eigenvalue weighted by molar-refractivity contribution is 5.68. The molecule has 0 spiro atoms. The number of fused-ring (bicyclic) bond motifs is 1. The Balaban J connectivity index is 1.34. The number of alkyl carbamates (subject to hydrolysis) is 1. The van der Waals surface area contributed by atoms with E-state index in [4.69, 9.17) is 9.47 Å². The van der Waals surface area contributed by atoms with Crippen LogP contribution in [0.15, 0.2) is 18.5 Å². The Morgan fingerprint density at radius 3 is 3.22 bits per heavy atom. The van der Waals surface area contributed by atoms with E-state index in [-0.39, 0.29) is 18.2 Å². The zero-order valence-electron chi connectivity index (χ0n) is 12.6. The summed E-state index contributed by atoms with van der Waals surface area (Å²) in [4.78, 5) is 14.0. The van der Waals surface area contributed by atoms with Crippen LogP contribution in [-0.2, 0) is 9.47 Å². The van der Waals surface area contributed by atoms with Crippen molar-refractivity contribution in [3.8, 4) is 0 Å². The van der Waals surface area contributed by atoms with Crippen LogP contribution in [0, 0.1) is 0 Å². The van der Waals surface area contributed by atoms with Gasteiger partial charge in [0.15, 0.2) is 5.65 Å². The van der Waals surface area contributed by atoms with Gasteiger partial charge in [-0.05, 0) is 18.6 Å². The summed E-state index contributed by atoms with van der Waals surface area (Å²) < 4.78 is 12.2. The van der Waals surface area contributed by atoms with Gasteiger partial charge in [-0.3, -0.25) is 0 Å². The molecule has 2 aliphatic rings. The summed E-state index contributed by atoms with van der Waals surface area (Å²) in [6, 6.07) is 3.86. The Bertz CT molecular complexity index is 699. The van der Waals surface area contributed by atoms with Crippen LogP contribution in [0.2, 0.25) is 0 Å². The molecular weight excluding hydrogens is 300 g/mol. The van der Waals surface area contributed by atoms with Gasteiger partial charge >= 0.3 is 6.09 Å². The average molecular weight is 318 g/mol. The van der Waals surface area contributed by atoms with E-state index in [9.17, 15) is 4.79 Å². The van der Waals surface area contributed by atoms with E-state index in [0.29, 0.717) is 25.4 Å². The zero-order valence-corrected chi connectivity index (χ0v) is 12.6. The van der Waals surface area contributed by atoms with Gasteiger partial charge in [0, 0.05) is 19.5 Å². The number of nitrogens with zero attached hydrogens (tertiary/aromatic N) is 5. The van der Waals surface area contributed by atoms with Crippen molar-refractivity contribution < 1.29 is 14.3 Å². The maximum atomic E-state index is 11.9. The molecule has 2 saturated heterocycles. The molecule has 2 atom stereocenters. The van der Waals surface area contributed by atoms with Crippen LogP contribution >= 0.6 is 0 Å². The van der Waals surface area contributed by atoms with Crippen LogP contribution in [0.25, 0.3) is 5.65 Å². The summed E-state index contributed by atoms with van der Waals surface area (Å²) in [7, 11) is 0. The number of hydrogen-bond donors (Lipinski definition) is 1. The maximum Gasteiger partial charge on any atom is 0.407 e. The molecule has 2 aromatic heterocycles. The predicted octanol–water partition coefficient (Wildman–Crippen LogP) is 0.218. The van der Waals surface area contributed by atoms with Crippen molar-refractivity contribution in [3.63, 3.8) is 0 Å². The molecule has 9 heteroatoms. The molecule has 0 saturated carbocycles. The summed E-state index contributed by atoms with van der Waals surface area (Å²) in [6.07, 6.45) is 2.72. The molecule has 4 heterocycles. The number of anilines is 1. The minimum atomic E-state index is -0.366. The van der Waals surface area contributed by atoms with Crippen LogP contribution in [0.3, 0.4) is 0 Å². The van der Waals surface area contributed by atoms with Crippen molar-refractivity contribution in [2.45, 2.75) is 25.0 Å². The number of carbonyl (C=O) groups is 1. The number of nitrogens with one attached hydrogen (secondary N) is 1. The third-order valence-corrected chi connectivity index (χ3v) is 4.14. The minimum Gasteiger partial charge on any atom is -0.444 e. The van der Waals surface area contributed by atoms with Gasteiger partial charge in [0.05, 0.1) is 19.3 Å². The fourth-order valence-electron chi connectivity index (χ4n) is 2.93. The van der Waals surface area contributed by atoms with Gasteiger partial charge in [-0.25, -0.2) is 4.79 Å². The van der Waals surface area contributed by atoms with Crippen LogP contribution in [0.5, 0.6) is 0 Å². The fourth-order valence-corrected chi connectivity index (χ4v) is 2.93. The summed E-state index contributed by atoms with van der Waals surface area (Å²) in [5, 5.41) is 15.1. The molecule has 2 unspecified atom stereocenters. The number of amides is 1. The molecule has 0 radical (unpaired) electrons. The van der Waals surface area contributed by atoms with Crippen LogP contribution in [0.1, 0.15) is 12.8 Å². The van der Waals surface area contributed by atoms with Crippen molar-refractivity contribution in [2.24, 2.45) is 0 Å². The molecular formula is C14H18N6O3. The number of ether oxygens (including phenoxy) is 2. The van der Waals surface area contributed by atoms with Crippen molar-refractivity contribution in [3.05, 3.63) is 18.5 Å². The molecule has 9 nitrogen and oxygen atoms in total. The van der Waals surface area contributed by atoms with E-state index in [1.807, 2.05) is 12.1 Å². The first-order valence-corrected chi connectivity index (χ1v) is 7.75. The first-order valence-electron chi connectivity index (χ1n) is 7.75. The van der Waals surface area contributed by atoms with Crippen molar-refractivity contribution in [1.29, 1.82) is 0 Å². The fraction of sp³-hybridized carbons (Fsp3) is 0.571. The van der Waals surface area contributed by atoms with Gasteiger partial charge in [-0.2, -0.15) is 4.52 Å². The Kier molecular flexibility index (Phi) is 3.70. The Labute approximate surface area is 132 Å². The van der Waals surface area contributed by atoms with Gasteiger partial charge < -0.3 is 19.7 Å². The lowest BCUT2D eigenvalue weighted by molar-refractivity contribution is 0.0813. The summed E-state index contributed by atoms with van der Waals surface area (Å²) in [5.41, 5.74) is 0.713. The van der Waals surface area contributed by atoms with Crippen molar-refractivity contribution in [1.82, 2.24) is 25.1 Å². The first kappa shape index (κ1) is 14.2. The highest BCUT2D eigenvalue weighted by Gasteiger charge is 2.27. The summed E-state index contributed by atoms with van der Waals surface area (Å²) >= 11 is 0. The first-order chi connectivity index (χ1) is 11.3. The van der Waals surface area contributed by atoms with Gasteiger partial charge in [0.2, 0.25) is 0 Å². The molecule has 4 rings (SSSR count).